The number of thiazole rings is 1. The van der Waals surface area contributed by atoms with Gasteiger partial charge in [-0.3, -0.25) is 9.78 Å². The summed E-state index contributed by atoms with van der Waals surface area (Å²) in [5.41, 5.74) is 3.44. The van der Waals surface area contributed by atoms with Gasteiger partial charge in [-0.05, 0) is 42.6 Å². The molecule has 24 heavy (non-hydrogen) atoms. The third-order valence-corrected chi connectivity index (χ3v) is 4.95. The molecule has 0 atom stereocenters. The molecule has 4 rings (SSSR count). The molecule has 1 amide bonds. The molecule has 118 valence electrons. The molecule has 0 spiro atoms. The van der Waals surface area contributed by atoms with Gasteiger partial charge in [-0.2, -0.15) is 0 Å². The molecule has 0 unspecified atom stereocenters. The van der Waals surface area contributed by atoms with Crippen LogP contribution in [-0.2, 0) is 0 Å². The Balaban J connectivity index is 1.61. The van der Waals surface area contributed by atoms with Crippen molar-refractivity contribution in [2.45, 2.75) is 6.92 Å². The Labute approximate surface area is 142 Å². The fraction of sp³-hybridized carbons (Fsp3) is 0.0556. The molecule has 0 fully saturated rings. The van der Waals surface area contributed by atoms with Crippen LogP contribution in [0.2, 0.25) is 0 Å². The summed E-state index contributed by atoms with van der Waals surface area (Å²) in [6, 6.07) is 11.6. The highest BCUT2D eigenvalue weighted by atomic mass is 32.1. The van der Waals surface area contributed by atoms with E-state index in [1.54, 1.807) is 12.4 Å². The van der Waals surface area contributed by atoms with E-state index in [-0.39, 0.29) is 5.91 Å². The number of anilines is 1. The van der Waals surface area contributed by atoms with E-state index in [0.29, 0.717) is 4.88 Å². The normalized spacial score (nSPS) is 10.9. The van der Waals surface area contributed by atoms with Crippen LogP contribution in [0.1, 0.15) is 15.4 Å². The first-order valence-electron chi connectivity index (χ1n) is 7.47. The van der Waals surface area contributed by atoms with Crippen molar-refractivity contribution in [3.63, 3.8) is 0 Å². The first-order chi connectivity index (χ1) is 11.7. The lowest BCUT2D eigenvalue weighted by molar-refractivity contribution is 0.103. The zero-order chi connectivity index (χ0) is 16.5. The van der Waals surface area contributed by atoms with E-state index in [1.165, 1.54) is 11.3 Å². The summed E-state index contributed by atoms with van der Waals surface area (Å²) in [7, 11) is 0. The maximum absolute atomic E-state index is 12.6. The molecule has 5 nitrogen and oxygen atoms in total. The van der Waals surface area contributed by atoms with Gasteiger partial charge in [0, 0.05) is 35.4 Å². The minimum Gasteiger partial charge on any atom is -0.361 e. The highest BCUT2D eigenvalue weighted by molar-refractivity contribution is 7.17. The number of pyridine rings is 1. The lowest BCUT2D eigenvalue weighted by Crippen LogP contribution is -2.11. The van der Waals surface area contributed by atoms with Gasteiger partial charge in [0.2, 0.25) is 0 Å². The molecule has 3 aromatic heterocycles. The maximum atomic E-state index is 12.6. The number of nitrogens with one attached hydrogen (secondary N) is 2. The van der Waals surface area contributed by atoms with Crippen LogP contribution in [0.4, 0.5) is 5.69 Å². The second-order valence-electron chi connectivity index (χ2n) is 5.40. The zero-order valence-electron chi connectivity index (χ0n) is 12.9. The van der Waals surface area contributed by atoms with Gasteiger partial charge in [0.15, 0.2) is 0 Å². The van der Waals surface area contributed by atoms with Crippen molar-refractivity contribution >= 4 is 33.8 Å². The predicted octanol–water partition coefficient (Wildman–Crippen LogP) is 4.25. The Kier molecular flexibility index (Phi) is 3.59. The van der Waals surface area contributed by atoms with Crippen molar-refractivity contribution in [3.8, 4) is 10.6 Å². The molecule has 6 heteroatoms. The van der Waals surface area contributed by atoms with Gasteiger partial charge in [0.05, 0.1) is 5.69 Å². The quantitative estimate of drug-likeness (QED) is 0.588. The summed E-state index contributed by atoms with van der Waals surface area (Å²) in [5.74, 6) is -0.142. The number of rotatable bonds is 3. The van der Waals surface area contributed by atoms with Gasteiger partial charge >= 0.3 is 0 Å². The molecule has 2 N–H and O–H groups in total. The van der Waals surface area contributed by atoms with Gasteiger partial charge in [0.1, 0.15) is 9.88 Å². The molecule has 0 aliphatic heterocycles. The highest BCUT2D eigenvalue weighted by Gasteiger charge is 2.16. The number of fused-ring (bicyclic) bond motifs is 1. The molecule has 0 bridgehead atoms. The molecule has 0 saturated carbocycles. The summed E-state index contributed by atoms with van der Waals surface area (Å²) in [6.07, 6.45) is 5.32. The SMILES string of the molecule is Cc1nc(-c2ccncc2)sc1C(=O)Nc1ccc2cc[nH]c2c1. The summed E-state index contributed by atoms with van der Waals surface area (Å²) >= 11 is 1.39. The number of carbonyl (C=O) groups is 1. The molecule has 0 radical (unpaired) electrons. The Morgan fingerprint density at radius 3 is 2.83 bits per heavy atom. The number of H-pyrrole nitrogens is 1. The molecule has 4 aromatic rings. The predicted molar refractivity (Wildman–Crippen MR) is 96.3 cm³/mol. The summed E-state index contributed by atoms with van der Waals surface area (Å²) in [5, 5.41) is 4.88. The van der Waals surface area contributed by atoms with E-state index in [1.807, 2.05) is 49.5 Å². The van der Waals surface area contributed by atoms with Gasteiger partial charge < -0.3 is 10.3 Å². The second kappa shape index (κ2) is 5.90. The number of hydrogen-bond acceptors (Lipinski definition) is 4. The van der Waals surface area contributed by atoms with Crippen LogP contribution in [0.3, 0.4) is 0 Å². The minimum absolute atomic E-state index is 0.142. The van der Waals surface area contributed by atoms with Crippen LogP contribution in [0.5, 0.6) is 0 Å². The van der Waals surface area contributed by atoms with Crippen LogP contribution in [0.15, 0.2) is 55.0 Å². The molecule has 0 aliphatic carbocycles. The van der Waals surface area contributed by atoms with Crippen molar-refractivity contribution < 1.29 is 4.79 Å². The monoisotopic (exact) mass is 334 g/mol. The summed E-state index contributed by atoms with van der Waals surface area (Å²) < 4.78 is 0. The van der Waals surface area contributed by atoms with Crippen LogP contribution in [0.25, 0.3) is 21.5 Å². The number of carbonyl (C=O) groups excluding carboxylic acids is 1. The fourth-order valence-electron chi connectivity index (χ4n) is 2.54. The van der Waals surface area contributed by atoms with E-state index < -0.39 is 0 Å². The van der Waals surface area contributed by atoms with Crippen LogP contribution < -0.4 is 5.32 Å². The number of aromatic nitrogens is 3. The van der Waals surface area contributed by atoms with E-state index >= 15 is 0 Å². The van der Waals surface area contributed by atoms with Gasteiger partial charge in [0.25, 0.3) is 5.91 Å². The van der Waals surface area contributed by atoms with Crippen molar-refractivity contribution in [2.24, 2.45) is 0 Å². The lowest BCUT2D eigenvalue weighted by Gasteiger charge is -2.04. The number of hydrogen-bond donors (Lipinski definition) is 2. The number of aromatic amines is 1. The Morgan fingerprint density at radius 1 is 1.17 bits per heavy atom. The zero-order valence-corrected chi connectivity index (χ0v) is 13.7. The topological polar surface area (TPSA) is 70.7 Å². The molecular weight excluding hydrogens is 320 g/mol. The summed E-state index contributed by atoms with van der Waals surface area (Å²) in [4.78, 5) is 24.9. The molecule has 0 saturated heterocycles. The number of benzene rings is 1. The molecular formula is C18H14N4OS. The van der Waals surface area contributed by atoms with Gasteiger partial charge in [-0.15, -0.1) is 11.3 Å². The highest BCUT2D eigenvalue weighted by Crippen LogP contribution is 2.28. The maximum Gasteiger partial charge on any atom is 0.267 e. The molecule has 0 aliphatic rings. The van der Waals surface area contributed by atoms with Crippen LogP contribution in [-0.4, -0.2) is 20.9 Å². The van der Waals surface area contributed by atoms with E-state index in [4.69, 9.17) is 0 Å². The van der Waals surface area contributed by atoms with Crippen molar-refractivity contribution in [2.75, 3.05) is 5.32 Å². The van der Waals surface area contributed by atoms with Crippen LogP contribution in [0, 0.1) is 6.92 Å². The lowest BCUT2D eigenvalue weighted by atomic mass is 10.2. The third-order valence-electron chi connectivity index (χ3n) is 3.74. The van der Waals surface area contributed by atoms with Crippen molar-refractivity contribution in [1.82, 2.24) is 15.0 Å². The number of amides is 1. The minimum atomic E-state index is -0.142. The Morgan fingerprint density at radius 2 is 2.00 bits per heavy atom. The Bertz CT molecular complexity index is 1020. The standard InChI is InChI=1S/C18H14N4OS/c1-11-16(24-18(21-11)13-4-7-19-8-5-13)17(23)22-14-3-2-12-6-9-20-15(12)10-14/h2-10,20H,1H3,(H,22,23). The average Bonchev–Trinajstić information content (AvgIpc) is 3.21. The van der Waals surface area contributed by atoms with E-state index in [9.17, 15) is 4.79 Å². The van der Waals surface area contributed by atoms with Crippen molar-refractivity contribution in [3.05, 3.63) is 65.6 Å². The Hall–Kier alpha value is -2.99. The van der Waals surface area contributed by atoms with Gasteiger partial charge in [-0.1, -0.05) is 6.07 Å². The fourth-order valence-corrected chi connectivity index (χ4v) is 3.51. The van der Waals surface area contributed by atoms with Crippen LogP contribution >= 0.6 is 11.3 Å². The average molecular weight is 334 g/mol. The van der Waals surface area contributed by atoms with Gasteiger partial charge in [-0.25, -0.2) is 4.98 Å². The smallest absolute Gasteiger partial charge is 0.267 e. The van der Waals surface area contributed by atoms with E-state index in [0.717, 1.165) is 32.9 Å². The number of nitrogens with zero attached hydrogens (tertiary/aromatic N) is 2. The largest absolute Gasteiger partial charge is 0.361 e. The summed E-state index contributed by atoms with van der Waals surface area (Å²) in [6.45, 7) is 1.85. The second-order valence-corrected chi connectivity index (χ2v) is 6.40. The molecule has 1 aromatic carbocycles. The molecule has 3 heterocycles. The number of aryl methyl sites for hydroxylation is 1. The van der Waals surface area contributed by atoms with E-state index in [2.05, 4.69) is 20.3 Å². The first-order valence-corrected chi connectivity index (χ1v) is 8.29. The van der Waals surface area contributed by atoms with Crippen molar-refractivity contribution in [1.29, 1.82) is 0 Å². The third kappa shape index (κ3) is 2.68. The first kappa shape index (κ1) is 14.6.